The van der Waals surface area contributed by atoms with Crippen molar-refractivity contribution in [2.45, 2.75) is 0 Å². The van der Waals surface area contributed by atoms with Gasteiger partial charge < -0.3 is 0 Å². The van der Waals surface area contributed by atoms with Gasteiger partial charge >= 0.3 is 62.8 Å². The van der Waals surface area contributed by atoms with Crippen molar-refractivity contribution in [3.05, 3.63) is 0 Å². The second kappa shape index (κ2) is 3.02. The molecule has 0 rings (SSSR count). The van der Waals surface area contributed by atoms with Crippen molar-refractivity contribution in [3.63, 3.8) is 0 Å². The molecule has 0 aromatic rings. The van der Waals surface area contributed by atoms with E-state index in [2.05, 4.69) is 6.72 Å². The van der Waals surface area contributed by atoms with Gasteiger partial charge in [-0.3, -0.25) is 0 Å². The van der Waals surface area contributed by atoms with E-state index in [1.54, 1.807) is 0 Å². The Morgan fingerprint density at radius 3 is 2.20 bits per heavy atom. The fourth-order valence-corrected chi connectivity index (χ4v) is 3.28. The zero-order chi connectivity index (χ0) is 9.99. The van der Waals surface area contributed by atoms with Gasteiger partial charge in [-0.1, -0.05) is 0 Å². The summed E-state index contributed by atoms with van der Waals surface area (Å²) in [6.07, 6.45) is 0. The first-order valence-electron chi connectivity index (χ1n) is 2.74. The third-order valence-corrected chi connectivity index (χ3v) is 5.18. The van der Waals surface area contributed by atoms with Crippen molar-refractivity contribution in [1.82, 2.24) is 0 Å². The SMILES string of the molecule is [2H]C([2H])O[Se](=O)(=O)O[Se](=O)(=O)O. The van der Waals surface area contributed by atoms with Gasteiger partial charge in [0.2, 0.25) is 0 Å². The van der Waals surface area contributed by atoms with Crippen LogP contribution in [0.15, 0.2) is 0 Å². The summed E-state index contributed by atoms with van der Waals surface area (Å²) in [7, 11) is -2.22. The fourth-order valence-electron chi connectivity index (χ4n) is 0.121. The van der Waals surface area contributed by atoms with Crippen LogP contribution in [0.2, 0.25) is 0 Å². The summed E-state index contributed by atoms with van der Waals surface area (Å²) in [5.41, 5.74) is 0. The Labute approximate surface area is 63.3 Å². The Hall–Kier alpha value is 0.119. The molecule has 9 heteroatoms. The van der Waals surface area contributed by atoms with Crippen LogP contribution in [-0.4, -0.2) is 38.0 Å². The van der Waals surface area contributed by atoms with Crippen molar-refractivity contribution < 1.29 is 29.0 Å². The van der Waals surface area contributed by atoms with Gasteiger partial charge in [0.1, 0.15) is 0 Å². The van der Waals surface area contributed by atoms with Gasteiger partial charge in [0.15, 0.2) is 0 Å². The molecule has 0 aliphatic carbocycles. The Morgan fingerprint density at radius 2 is 1.90 bits per heavy atom. The second-order valence-electron chi connectivity index (χ2n) is 1.00. The first-order chi connectivity index (χ1) is 5.12. The number of rotatable bonds is 3. The van der Waals surface area contributed by atoms with E-state index in [9.17, 15) is 15.3 Å². The minimum atomic E-state index is -5.87. The molecular weight excluding hydrogens is 282 g/mol. The van der Waals surface area contributed by atoms with Crippen molar-refractivity contribution in [2.75, 3.05) is 7.06 Å². The molecule has 0 spiro atoms. The summed E-state index contributed by atoms with van der Waals surface area (Å²) < 4.78 is 67.4. The van der Waals surface area contributed by atoms with E-state index in [-0.39, 0.29) is 0 Å². The van der Waals surface area contributed by atoms with Crippen LogP contribution < -0.4 is 0 Å². The van der Waals surface area contributed by atoms with Gasteiger partial charge in [0, 0.05) is 0 Å². The first-order valence-corrected chi connectivity index (χ1v) is 7.25. The predicted octanol–water partition coefficient (Wildman–Crippen LogP) is -1.77. The first kappa shape index (κ1) is 6.81. The Kier molecular flexibility index (Phi) is 2.05. The molecule has 62 valence electrons. The third-order valence-electron chi connectivity index (χ3n) is 0.287. The topological polar surface area (TPSA) is 107 Å². The van der Waals surface area contributed by atoms with Crippen molar-refractivity contribution in [1.29, 1.82) is 0 Å². The molecule has 0 aliphatic rings. The van der Waals surface area contributed by atoms with Gasteiger partial charge in [0.05, 0.1) is 0 Å². The predicted molar refractivity (Wildman–Crippen MR) is 24.6 cm³/mol. The zero-order valence-electron chi connectivity index (χ0n) is 6.29. The summed E-state index contributed by atoms with van der Waals surface area (Å²) in [4.78, 5) is 0. The quantitative estimate of drug-likeness (QED) is 0.613. The molecule has 10 heavy (non-hydrogen) atoms. The number of hydrogen-bond acceptors (Lipinski definition) is 6. The van der Waals surface area contributed by atoms with E-state index in [1.807, 2.05) is 0 Å². The van der Waals surface area contributed by atoms with Crippen LogP contribution in [0.4, 0.5) is 0 Å². The Morgan fingerprint density at radius 1 is 1.40 bits per heavy atom. The van der Waals surface area contributed by atoms with Crippen LogP contribution >= 0.6 is 0 Å². The molecule has 0 amide bonds. The van der Waals surface area contributed by atoms with E-state index in [4.69, 9.17) is 6.93 Å². The van der Waals surface area contributed by atoms with Crippen LogP contribution in [-0.2, 0) is 22.1 Å². The minimum absolute atomic E-state index is 2.22. The molecule has 0 aliphatic heterocycles. The van der Waals surface area contributed by atoms with E-state index in [1.165, 1.54) is 0 Å². The average molecular weight is 288 g/mol. The van der Waals surface area contributed by atoms with Crippen LogP contribution in [0.25, 0.3) is 0 Å². The van der Waals surface area contributed by atoms with Crippen LogP contribution in [0.1, 0.15) is 2.74 Å². The zero-order valence-corrected chi connectivity index (χ0v) is 7.72. The summed E-state index contributed by atoms with van der Waals surface area (Å²) in [6, 6.07) is 0. The molecular formula is CH4O7Se2. The molecule has 0 saturated heterocycles. The molecule has 0 atom stereocenters. The third kappa shape index (κ3) is 4.95. The standard InChI is InChI=1S/CH4O7Se2/c1-7-10(5,6)8-9(2,3)4/h1H3,(H,2,3,4)/i1D2. The Balaban J connectivity index is 4.47. The van der Waals surface area contributed by atoms with Crippen LogP contribution in [0.5, 0.6) is 0 Å². The van der Waals surface area contributed by atoms with Crippen LogP contribution in [0, 0.1) is 0 Å². The van der Waals surface area contributed by atoms with E-state index in [0.717, 1.165) is 0 Å². The van der Waals surface area contributed by atoms with Gasteiger partial charge in [0.25, 0.3) is 0 Å². The molecule has 7 nitrogen and oxygen atoms in total. The van der Waals surface area contributed by atoms with Crippen LogP contribution in [0.3, 0.4) is 0 Å². The number of hydrogen-bond donors (Lipinski definition) is 1. The van der Waals surface area contributed by atoms with E-state index >= 15 is 0 Å². The molecule has 1 N–H and O–H groups in total. The molecule has 0 bridgehead atoms. The second-order valence-corrected chi connectivity index (χ2v) is 6.68. The van der Waals surface area contributed by atoms with E-state index < -0.39 is 33.8 Å². The molecule has 0 aromatic heterocycles. The fraction of sp³-hybridized carbons (Fsp3) is 1.00. The van der Waals surface area contributed by atoms with Gasteiger partial charge in [-0.05, 0) is 0 Å². The molecule has 0 saturated carbocycles. The summed E-state index contributed by atoms with van der Waals surface area (Å²) in [5.74, 6) is 0. The normalized spacial score (nSPS) is 16.6. The molecule has 0 heterocycles. The van der Waals surface area contributed by atoms with Gasteiger partial charge in [-0.25, -0.2) is 0 Å². The molecule has 0 aromatic carbocycles. The Bertz CT molecular complexity index is 324. The monoisotopic (exact) mass is 290 g/mol. The summed E-state index contributed by atoms with van der Waals surface area (Å²) >= 11 is -11.6. The van der Waals surface area contributed by atoms with Crippen molar-refractivity contribution in [2.24, 2.45) is 0 Å². The van der Waals surface area contributed by atoms with Crippen molar-refractivity contribution in [3.8, 4) is 0 Å². The maximum absolute atomic E-state index is 10.3. The molecule has 0 fully saturated rings. The van der Waals surface area contributed by atoms with Gasteiger partial charge in [-0.2, -0.15) is 0 Å². The molecule has 0 radical (unpaired) electrons. The maximum atomic E-state index is 10.3. The summed E-state index contributed by atoms with van der Waals surface area (Å²) in [6.45, 7) is 0. The van der Waals surface area contributed by atoms with E-state index in [0.29, 0.717) is 0 Å². The summed E-state index contributed by atoms with van der Waals surface area (Å²) in [5, 5.41) is 0. The molecule has 0 unspecified atom stereocenters. The van der Waals surface area contributed by atoms with Gasteiger partial charge in [-0.15, -0.1) is 0 Å². The average Bonchev–Trinajstić information content (AvgIpc) is 1.48. The van der Waals surface area contributed by atoms with Crippen molar-refractivity contribution >= 4 is 26.7 Å².